The first-order valence-electron chi connectivity index (χ1n) is 10.1. The Kier molecular flexibility index (Phi) is 6.06. The fourth-order valence-electron chi connectivity index (χ4n) is 3.91. The van der Waals surface area contributed by atoms with Gasteiger partial charge in [-0.05, 0) is 37.1 Å². The summed E-state index contributed by atoms with van der Waals surface area (Å²) in [5.41, 5.74) is -0.901. The third-order valence-electron chi connectivity index (χ3n) is 5.55. The number of nitrogens with zero attached hydrogens (tertiary/aromatic N) is 3. The standard InChI is InChI=1S/C23H19ClF3N3O2/c24-17-6-8-18(9-7-17)30-21(23(25,26)27)19(14-28-30)22(32)29-12-10-16(11-13-29)20(31)15-4-2-1-3-5-15/h1-9,14,16H,10-13H2. The number of hydrogen-bond acceptors (Lipinski definition) is 3. The maximum absolute atomic E-state index is 13.9. The summed E-state index contributed by atoms with van der Waals surface area (Å²) in [6, 6.07) is 14.6. The minimum absolute atomic E-state index is 0.00997. The zero-order valence-electron chi connectivity index (χ0n) is 16.8. The van der Waals surface area contributed by atoms with E-state index in [4.69, 9.17) is 11.6 Å². The van der Waals surface area contributed by atoms with Crippen molar-refractivity contribution in [3.05, 3.63) is 82.6 Å². The largest absolute Gasteiger partial charge is 0.434 e. The summed E-state index contributed by atoms with van der Waals surface area (Å²) in [5, 5.41) is 4.21. The molecular formula is C23H19ClF3N3O2. The van der Waals surface area contributed by atoms with Crippen molar-refractivity contribution in [2.45, 2.75) is 19.0 Å². The third kappa shape index (κ3) is 4.41. The molecule has 1 saturated heterocycles. The molecule has 0 saturated carbocycles. The Balaban J connectivity index is 1.54. The van der Waals surface area contributed by atoms with Crippen LogP contribution in [0.5, 0.6) is 0 Å². The first-order chi connectivity index (χ1) is 15.3. The van der Waals surface area contributed by atoms with Crippen LogP contribution in [0, 0.1) is 5.92 Å². The Bertz CT molecular complexity index is 1120. The highest BCUT2D eigenvalue weighted by atomic mass is 35.5. The Hall–Kier alpha value is -3.13. The number of likely N-dealkylation sites (tertiary alicyclic amines) is 1. The number of alkyl halides is 3. The Morgan fingerprint density at radius 2 is 1.59 bits per heavy atom. The second-order valence-electron chi connectivity index (χ2n) is 7.59. The molecule has 1 fully saturated rings. The Morgan fingerprint density at radius 3 is 2.19 bits per heavy atom. The molecule has 166 valence electrons. The highest BCUT2D eigenvalue weighted by Crippen LogP contribution is 2.35. The number of benzene rings is 2. The molecule has 2 heterocycles. The predicted molar refractivity (Wildman–Crippen MR) is 113 cm³/mol. The number of rotatable bonds is 4. The minimum Gasteiger partial charge on any atom is -0.338 e. The van der Waals surface area contributed by atoms with Gasteiger partial charge in [0.2, 0.25) is 0 Å². The van der Waals surface area contributed by atoms with Crippen molar-refractivity contribution in [3.63, 3.8) is 0 Å². The van der Waals surface area contributed by atoms with Crippen LogP contribution in [0.4, 0.5) is 13.2 Å². The molecule has 0 aliphatic carbocycles. The van der Waals surface area contributed by atoms with Crippen LogP contribution in [0.25, 0.3) is 5.69 Å². The van der Waals surface area contributed by atoms with Crippen LogP contribution in [0.2, 0.25) is 5.02 Å². The summed E-state index contributed by atoms with van der Waals surface area (Å²) >= 11 is 5.82. The Labute approximate surface area is 187 Å². The average Bonchev–Trinajstić information content (AvgIpc) is 3.25. The van der Waals surface area contributed by atoms with Crippen molar-refractivity contribution >= 4 is 23.3 Å². The second kappa shape index (κ2) is 8.78. The number of aromatic nitrogens is 2. The summed E-state index contributed by atoms with van der Waals surface area (Å²) < 4.78 is 42.4. The molecule has 0 unspecified atom stereocenters. The van der Waals surface area contributed by atoms with Crippen molar-refractivity contribution in [3.8, 4) is 5.69 Å². The molecule has 0 atom stereocenters. The first-order valence-corrected chi connectivity index (χ1v) is 10.4. The van der Waals surface area contributed by atoms with Crippen molar-refractivity contribution in [2.75, 3.05) is 13.1 Å². The molecule has 3 aromatic rings. The third-order valence-corrected chi connectivity index (χ3v) is 5.80. The zero-order valence-corrected chi connectivity index (χ0v) is 17.6. The number of amides is 1. The van der Waals surface area contributed by atoms with Gasteiger partial charge in [-0.3, -0.25) is 9.59 Å². The quantitative estimate of drug-likeness (QED) is 0.497. The molecule has 1 aliphatic rings. The van der Waals surface area contributed by atoms with Crippen molar-refractivity contribution < 1.29 is 22.8 Å². The van der Waals surface area contributed by atoms with E-state index < -0.39 is 23.3 Å². The van der Waals surface area contributed by atoms with E-state index in [-0.39, 0.29) is 30.5 Å². The number of hydrogen-bond donors (Lipinski definition) is 0. The molecule has 0 radical (unpaired) electrons. The van der Waals surface area contributed by atoms with Gasteiger partial charge in [0.25, 0.3) is 5.91 Å². The normalized spacial score (nSPS) is 15.1. The van der Waals surface area contributed by atoms with Gasteiger partial charge < -0.3 is 4.90 Å². The summed E-state index contributed by atoms with van der Waals surface area (Å²) in [7, 11) is 0. The number of carbonyl (C=O) groups excluding carboxylic acids is 2. The SMILES string of the molecule is O=C(c1ccccc1)C1CCN(C(=O)c2cnn(-c3ccc(Cl)cc3)c2C(F)(F)F)CC1. The number of Topliss-reactive ketones (excluding diaryl/α,β-unsaturated/α-hetero) is 1. The minimum atomic E-state index is -4.79. The molecule has 0 spiro atoms. The van der Waals surface area contributed by atoms with Gasteiger partial charge in [-0.15, -0.1) is 0 Å². The highest BCUT2D eigenvalue weighted by molar-refractivity contribution is 6.30. The lowest BCUT2D eigenvalue weighted by molar-refractivity contribution is -0.143. The van der Waals surface area contributed by atoms with E-state index >= 15 is 0 Å². The van der Waals surface area contributed by atoms with Gasteiger partial charge in [0.15, 0.2) is 11.5 Å². The lowest BCUT2D eigenvalue weighted by Crippen LogP contribution is -2.40. The average molecular weight is 462 g/mol. The van der Waals surface area contributed by atoms with E-state index in [9.17, 15) is 22.8 Å². The molecule has 9 heteroatoms. The van der Waals surface area contributed by atoms with Gasteiger partial charge >= 0.3 is 6.18 Å². The summed E-state index contributed by atoms with van der Waals surface area (Å²) in [6.07, 6.45) is -3.05. The number of ketones is 1. The maximum atomic E-state index is 13.9. The van der Waals surface area contributed by atoms with E-state index in [1.54, 1.807) is 24.3 Å². The highest BCUT2D eigenvalue weighted by Gasteiger charge is 2.42. The fourth-order valence-corrected chi connectivity index (χ4v) is 4.04. The van der Waals surface area contributed by atoms with Crippen molar-refractivity contribution in [2.24, 2.45) is 5.92 Å². The van der Waals surface area contributed by atoms with Crippen LogP contribution >= 0.6 is 11.6 Å². The molecular weight excluding hydrogens is 443 g/mol. The number of carbonyl (C=O) groups is 2. The molecule has 0 N–H and O–H groups in total. The van der Waals surface area contributed by atoms with Gasteiger partial charge in [0.05, 0.1) is 17.4 Å². The van der Waals surface area contributed by atoms with Crippen LogP contribution in [0.15, 0.2) is 60.8 Å². The maximum Gasteiger partial charge on any atom is 0.434 e. The number of halogens is 4. The summed E-state index contributed by atoms with van der Waals surface area (Å²) in [4.78, 5) is 27.0. The molecule has 1 amide bonds. The molecule has 1 aliphatic heterocycles. The van der Waals surface area contributed by atoms with Gasteiger partial charge in [0, 0.05) is 29.6 Å². The lowest BCUT2D eigenvalue weighted by atomic mass is 9.88. The summed E-state index contributed by atoms with van der Waals surface area (Å²) in [6.45, 7) is 0.400. The van der Waals surface area contributed by atoms with Crippen LogP contribution in [0.1, 0.15) is 39.3 Å². The van der Waals surface area contributed by atoms with E-state index in [0.29, 0.717) is 28.1 Å². The molecule has 5 nitrogen and oxygen atoms in total. The van der Waals surface area contributed by atoms with Crippen molar-refractivity contribution in [1.29, 1.82) is 0 Å². The van der Waals surface area contributed by atoms with E-state index in [0.717, 1.165) is 6.20 Å². The van der Waals surface area contributed by atoms with Gasteiger partial charge in [-0.25, -0.2) is 4.68 Å². The summed E-state index contributed by atoms with van der Waals surface area (Å²) in [5.74, 6) is -1.02. The van der Waals surface area contributed by atoms with Crippen LogP contribution in [0.3, 0.4) is 0 Å². The fraction of sp³-hybridized carbons (Fsp3) is 0.261. The van der Waals surface area contributed by atoms with Gasteiger partial charge in [0.1, 0.15) is 0 Å². The lowest BCUT2D eigenvalue weighted by Gasteiger charge is -2.31. The predicted octanol–water partition coefficient (Wildman–Crippen LogP) is 5.28. The molecule has 1 aromatic heterocycles. The zero-order chi connectivity index (χ0) is 22.9. The van der Waals surface area contributed by atoms with Gasteiger partial charge in [-0.2, -0.15) is 18.3 Å². The van der Waals surface area contributed by atoms with Crippen LogP contribution < -0.4 is 0 Å². The monoisotopic (exact) mass is 461 g/mol. The van der Waals surface area contributed by atoms with Gasteiger partial charge in [-0.1, -0.05) is 41.9 Å². The van der Waals surface area contributed by atoms with Crippen LogP contribution in [-0.4, -0.2) is 39.5 Å². The molecule has 32 heavy (non-hydrogen) atoms. The second-order valence-corrected chi connectivity index (χ2v) is 8.03. The van der Waals surface area contributed by atoms with Crippen molar-refractivity contribution in [1.82, 2.24) is 14.7 Å². The van der Waals surface area contributed by atoms with E-state index in [2.05, 4.69) is 5.10 Å². The van der Waals surface area contributed by atoms with Crippen LogP contribution in [-0.2, 0) is 6.18 Å². The smallest absolute Gasteiger partial charge is 0.338 e. The Morgan fingerprint density at radius 1 is 0.969 bits per heavy atom. The molecule has 2 aromatic carbocycles. The number of piperidine rings is 1. The first kappa shape index (κ1) is 22.1. The molecule has 0 bridgehead atoms. The van der Waals surface area contributed by atoms with E-state index in [1.807, 2.05) is 6.07 Å². The topological polar surface area (TPSA) is 55.2 Å². The molecule has 4 rings (SSSR count). The van der Waals surface area contributed by atoms with E-state index in [1.165, 1.54) is 29.2 Å².